The Morgan fingerprint density at radius 2 is 0.557 bits per heavy atom. The average Bonchev–Trinajstić information content (AvgIpc) is 1.61. The molecule has 7 heterocycles. The Hall–Kier alpha value is -15.0. The zero-order valence-electron chi connectivity index (χ0n) is 61.7. The molecule has 0 aliphatic heterocycles. The Morgan fingerprint density at radius 3 is 1.02 bits per heavy atom. The number of hydrogen-bond acceptors (Lipinski definition) is 6. The minimum absolute atomic E-state index is 0.537. The maximum Gasteiger partial charge on any atom is 0.246 e. The molecule has 26 rings (SSSR count). The van der Waals surface area contributed by atoms with E-state index in [1.807, 2.05) is 30.3 Å². The quantitative estimate of drug-likeness (QED) is 0.159. The predicted molar refractivity (Wildman–Crippen MR) is 477 cm³/mol. The minimum Gasteiger partial charge on any atom is -0.436 e. The number of para-hydroxylation sites is 5. The molecule has 9 nitrogen and oxygen atoms in total. The van der Waals surface area contributed by atoms with Crippen LogP contribution in [0.25, 0.3) is 225 Å². The third-order valence-electron chi connectivity index (χ3n) is 23.6. The second kappa shape index (κ2) is 25.5. The highest BCUT2D eigenvalue weighted by molar-refractivity contribution is 6.32. The lowest BCUT2D eigenvalue weighted by Crippen LogP contribution is -1.94. The van der Waals surface area contributed by atoms with Crippen molar-refractivity contribution in [3.8, 4) is 50.4 Å². The van der Waals surface area contributed by atoms with Gasteiger partial charge in [-0.1, -0.05) is 254 Å². The van der Waals surface area contributed by atoms with Gasteiger partial charge in [-0.2, -0.15) is 0 Å². The molecular weight excluding hydrogens is 1430 g/mol. The van der Waals surface area contributed by atoms with Crippen molar-refractivity contribution in [2.75, 3.05) is 0 Å². The van der Waals surface area contributed by atoms with Gasteiger partial charge in [0.25, 0.3) is 0 Å². The lowest BCUT2D eigenvalue weighted by molar-refractivity contribution is 0.655. The summed E-state index contributed by atoms with van der Waals surface area (Å²) in [5.41, 5.74) is 28.7. The van der Waals surface area contributed by atoms with E-state index in [1.54, 1.807) is 0 Å². The number of hydrogen-bond donors (Lipinski definition) is 0. The van der Waals surface area contributed by atoms with Crippen LogP contribution in [-0.2, 0) is 6.42 Å². The van der Waals surface area contributed by atoms with Crippen LogP contribution >= 0.6 is 11.6 Å². The molecule has 0 saturated heterocycles. The maximum absolute atomic E-state index is 6.43. The fraction of sp³-hybridized carbons (Fsp3) is 0.00952. The Balaban J connectivity index is 0.000000110. The minimum atomic E-state index is 0.537. The van der Waals surface area contributed by atoms with E-state index in [1.165, 1.54) is 126 Å². The van der Waals surface area contributed by atoms with Crippen molar-refractivity contribution >= 4 is 187 Å². The number of benzene rings is 18. The Labute approximate surface area is 661 Å². The third kappa shape index (κ3) is 10.1. The molecule has 0 fully saturated rings. The van der Waals surface area contributed by atoms with E-state index in [4.69, 9.17) is 40.4 Å². The van der Waals surface area contributed by atoms with E-state index in [0.29, 0.717) is 16.4 Å². The zero-order valence-corrected chi connectivity index (χ0v) is 62.4. The van der Waals surface area contributed by atoms with E-state index < -0.39 is 0 Å². The van der Waals surface area contributed by atoms with Crippen LogP contribution in [0.2, 0.25) is 5.02 Å². The van der Waals surface area contributed by atoms with Gasteiger partial charge in [-0.05, 0) is 194 Å². The van der Waals surface area contributed by atoms with Crippen LogP contribution in [0, 0.1) is 0 Å². The molecule has 0 amide bonds. The summed E-state index contributed by atoms with van der Waals surface area (Å²) in [5, 5.41) is 19.0. The SMILES string of the molecule is Clc1ccc2oc3nc4c5ccccc5c5ccccc5c4nc3c2c1.c1ccc(-n2c3ccccc3c3cc(-c4ccc5c(c4)-c4ccccc4C5)ccc32)cc1.c1ccc(-n2c3ccccc3c3cc(-c4ccc5c(c4)c4ccccc4n5-c4ccc5oc6nc7c8ccccc8c8ccccc8c7nc6c5c4)ccc32)cc1. The van der Waals surface area contributed by atoms with Gasteiger partial charge in [0, 0.05) is 75.9 Å². The molecule has 0 bridgehead atoms. The van der Waals surface area contributed by atoms with Crippen LogP contribution in [0.5, 0.6) is 0 Å². The van der Waals surface area contributed by atoms with E-state index in [9.17, 15) is 0 Å². The molecule has 18 aromatic carbocycles. The van der Waals surface area contributed by atoms with E-state index >= 15 is 0 Å². The number of furan rings is 2. The fourth-order valence-electron chi connectivity index (χ4n) is 18.4. The molecule has 10 heteroatoms. The Morgan fingerprint density at radius 1 is 0.217 bits per heavy atom. The third-order valence-corrected chi connectivity index (χ3v) is 23.9. The van der Waals surface area contributed by atoms with Crippen molar-refractivity contribution < 1.29 is 8.83 Å². The summed E-state index contributed by atoms with van der Waals surface area (Å²) in [4.78, 5) is 20.3. The van der Waals surface area contributed by atoms with Crippen LogP contribution in [0.15, 0.2) is 373 Å². The monoisotopic (exact) mass is 1490 g/mol. The highest BCUT2D eigenvalue weighted by atomic mass is 35.5. The smallest absolute Gasteiger partial charge is 0.246 e. The van der Waals surface area contributed by atoms with E-state index in [0.717, 1.165) is 105 Å². The first-order chi connectivity index (χ1) is 56.9. The molecule has 25 aromatic rings. The molecule has 0 spiro atoms. The van der Waals surface area contributed by atoms with Crippen LogP contribution < -0.4 is 0 Å². The van der Waals surface area contributed by atoms with Gasteiger partial charge in [-0.3, -0.25) is 0 Å². The standard InChI is InChI=1S/C52H30N4O.C31H21N.C22H11ClN2O/c1-2-12-33(13-3-1)55-44-20-10-8-16-37(44)41-28-31(22-25-46(41)55)32-23-26-47-42(29-32)38-17-9-11-21-45(38)56(47)34-24-27-48-43(30-34)51-52(57-48)54-50-40-19-7-5-15-36(40)35-14-4-6-18-39(35)49(50)53-51;1-2-9-25(10-3-1)32-30-13-7-6-12-27(30)29-20-22(16-17-31(29)32)21-14-15-24-18-23-8-4-5-11-26(23)28(24)19-21;23-12-9-10-18-17(11-12)21-22(26-18)25-20-16-8-4-2-6-14(16)13-5-1-3-7-15(13)19(20)24-21/h1-30H;1-17,19-20H,18H2;1-11H. The van der Waals surface area contributed by atoms with Crippen LogP contribution in [0.1, 0.15) is 11.1 Å². The number of aromatic nitrogens is 7. The highest BCUT2D eigenvalue weighted by Gasteiger charge is 2.24. The topological polar surface area (TPSA) is 92.6 Å². The average molecular weight is 1490 g/mol. The molecule has 1 aliphatic carbocycles. The number of fused-ring (bicyclic) bond motifs is 30. The van der Waals surface area contributed by atoms with Gasteiger partial charge in [0.2, 0.25) is 11.4 Å². The summed E-state index contributed by atoms with van der Waals surface area (Å²) in [6, 6.07) is 129. The second-order valence-electron chi connectivity index (χ2n) is 30.0. The van der Waals surface area contributed by atoms with Gasteiger partial charge < -0.3 is 22.5 Å². The largest absolute Gasteiger partial charge is 0.436 e. The maximum atomic E-state index is 6.43. The Bertz CT molecular complexity index is 8420. The van der Waals surface area contributed by atoms with Crippen molar-refractivity contribution in [3.63, 3.8) is 0 Å². The summed E-state index contributed by atoms with van der Waals surface area (Å²) in [6.45, 7) is 0. The van der Waals surface area contributed by atoms with E-state index in [-0.39, 0.29) is 0 Å². The van der Waals surface area contributed by atoms with Gasteiger partial charge in [0.15, 0.2) is 0 Å². The number of rotatable bonds is 5. The molecule has 7 aromatic heterocycles. The number of nitrogens with zero attached hydrogens (tertiary/aromatic N) is 7. The van der Waals surface area contributed by atoms with E-state index in [2.05, 4.69) is 347 Å². The molecule has 115 heavy (non-hydrogen) atoms. The summed E-state index contributed by atoms with van der Waals surface area (Å²) < 4.78 is 19.5. The van der Waals surface area contributed by atoms with Crippen LogP contribution in [0.3, 0.4) is 0 Å². The second-order valence-corrected chi connectivity index (χ2v) is 30.4. The summed E-state index contributed by atoms with van der Waals surface area (Å²) in [7, 11) is 0. The normalized spacial score (nSPS) is 12.2. The molecule has 0 N–H and O–H groups in total. The van der Waals surface area contributed by atoms with Gasteiger partial charge in [-0.15, -0.1) is 0 Å². The molecular formula is C105H62ClN7O2. The lowest BCUT2D eigenvalue weighted by Gasteiger charge is -2.10. The number of halogens is 1. The van der Waals surface area contributed by atoms with Gasteiger partial charge in [-0.25, -0.2) is 19.9 Å². The first-order valence-corrected chi connectivity index (χ1v) is 39.3. The molecule has 536 valence electrons. The zero-order chi connectivity index (χ0) is 75.5. The molecule has 0 atom stereocenters. The van der Waals surface area contributed by atoms with Crippen LogP contribution in [0.4, 0.5) is 0 Å². The highest BCUT2D eigenvalue weighted by Crippen LogP contribution is 2.45. The Kier molecular flexibility index (Phi) is 14.4. The predicted octanol–water partition coefficient (Wildman–Crippen LogP) is 28.2. The van der Waals surface area contributed by atoms with Crippen molar-refractivity contribution in [2.45, 2.75) is 6.42 Å². The summed E-state index contributed by atoms with van der Waals surface area (Å²) >= 11 is 6.18. The molecule has 1 aliphatic rings. The van der Waals surface area contributed by atoms with Gasteiger partial charge >= 0.3 is 0 Å². The first kappa shape index (κ1) is 64.8. The molecule has 0 radical (unpaired) electrons. The van der Waals surface area contributed by atoms with Crippen molar-refractivity contribution in [3.05, 3.63) is 380 Å². The van der Waals surface area contributed by atoms with Crippen molar-refractivity contribution in [2.24, 2.45) is 0 Å². The summed E-state index contributed by atoms with van der Waals surface area (Å²) in [6.07, 6.45) is 1.04. The van der Waals surface area contributed by atoms with Gasteiger partial charge in [0.1, 0.15) is 33.2 Å². The lowest BCUT2D eigenvalue weighted by atomic mass is 9.97. The fourth-order valence-corrected chi connectivity index (χ4v) is 18.6. The van der Waals surface area contributed by atoms with Crippen molar-refractivity contribution in [1.82, 2.24) is 33.6 Å². The summed E-state index contributed by atoms with van der Waals surface area (Å²) in [5.74, 6) is 0. The van der Waals surface area contributed by atoms with Crippen LogP contribution in [-0.4, -0.2) is 33.6 Å². The molecule has 0 saturated carbocycles. The first-order valence-electron chi connectivity index (χ1n) is 38.9. The van der Waals surface area contributed by atoms with Gasteiger partial charge in [0.05, 0.1) is 54.9 Å². The van der Waals surface area contributed by atoms with Crippen molar-refractivity contribution in [1.29, 1.82) is 0 Å². The molecule has 0 unspecified atom stereocenters.